The Morgan fingerprint density at radius 2 is 1.83 bits per heavy atom. The molecule has 2 aromatic rings. The van der Waals surface area contributed by atoms with Crippen LogP contribution in [0.15, 0.2) is 41.4 Å². The summed E-state index contributed by atoms with van der Waals surface area (Å²) in [5.41, 5.74) is 1.92. The van der Waals surface area contributed by atoms with Gasteiger partial charge in [0.05, 0.1) is 33.5 Å². The fourth-order valence-corrected chi connectivity index (χ4v) is 2.94. The third-order valence-corrected chi connectivity index (χ3v) is 4.30. The fraction of sp³-hybridized carbons (Fsp3) is 0.409. The highest BCUT2D eigenvalue weighted by atomic mass is 127. The second-order valence-corrected chi connectivity index (χ2v) is 6.45. The SMILES string of the molecule is CCNC(=NCc1ccc2c(c1)OCCCO2)Nc1ccc(OCC)c(OC)c1.I. The lowest BCUT2D eigenvalue weighted by Gasteiger charge is -2.14. The number of guanidine groups is 1. The Labute approximate surface area is 195 Å². The van der Waals surface area contributed by atoms with Crippen LogP contribution in [0.4, 0.5) is 5.69 Å². The first-order valence-corrected chi connectivity index (χ1v) is 9.98. The summed E-state index contributed by atoms with van der Waals surface area (Å²) in [6.45, 7) is 7.18. The van der Waals surface area contributed by atoms with Gasteiger partial charge in [0.2, 0.25) is 0 Å². The third kappa shape index (κ3) is 6.58. The number of nitrogens with one attached hydrogen (secondary N) is 2. The molecule has 0 aliphatic carbocycles. The first-order valence-electron chi connectivity index (χ1n) is 9.98. The van der Waals surface area contributed by atoms with Gasteiger partial charge >= 0.3 is 0 Å². The molecule has 1 heterocycles. The van der Waals surface area contributed by atoms with E-state index in [1.165, 1.54) is 0 Å². The van der Waals surface area contributed by atoms with Crippen molar-refractivity contribution in [2.24, 2.45) is 4.99 Å². The predicted molar refractivity (Wildman–Crippen MR) is 130 cm³/mol. The Kier molecular flexibility index (Phi) is 9.85. The number of methoxy groups -OCH3 is 1. The van der Waals surface area contributed by atoms with E-state index < -0.39 is 0 Å². The van der Waals surface area contributed by atoms with Crippen LogP contribution in [0.25, 0.3) is 0 Å². The highest BCUT2D eigenvalue weighted by molar-refractivity contribution is 14.0. The lowest BCUT2D eigenvalue weighted by molar-refractivity contribution is 0.297. The summed E-state index contributed by atoms with van der Waals surface area (Å²) in [6.07, 6.45) is 0.891. The van der Waals surface area contributed by atoms with Gasteiger partial charge in [0.15, 0.2) is 29.0 Å². The van der Waals surface area contributed by atoms with Gasteiger partial charge in [-0.2, -0.15) is 0 Å². The van der Waals surface area contributed by atoms with E-state index in [0.29, 0.717) is 38.1 Å². The Bertz CT molecular complexity index is 845. The van der Waals surface area contributed by atoms with E-state index in [1.807, 2.05) is 50.2 Å². The molecule has 0 amide bonds. The van der Waals surface area contributed by atoms with Crippen molar-refractivity contribution >= 4 is 35.6 Å². The van der Waals surface area contributed by atoms with Crippen LogP contribution < -0.4 is 29.6 Å². The van der Waals surface area contributed by atoms with Gasteiger partial charge in [-0.1, -0.05) is 6.07 Å². The number of hydrogen-bond acceptors (Lipinski definition) is 5. The standard InChI is InChI=1S/C22H29N3O4.HI/c1-4-23-22(25-17-8-10-18(27-5-2)20(14-17)26-3)24-15-16-7-9-19-21(13-16)29-12-6-11-28-19;/h7-10,13-14H,4-6,11-12,15H2,1-3H3,(H2,23,24,25);1H. The minimum Gasteiger partial charge on any atom is -0.493 e. The number of anilines is 1. The highest BCUT2D eigenvalue weighted by Crippen LogP contribution is 2.31. The fourth-order valence-electron chi connectivity index (χ4n) is 2.94. The lowest BCUT2D eigenvalue weighted by atomic mass is 10.2. The van der Waals surface area contributed by atoms with Crippen molar-refractivity contribution in [3.05, 3.63) is 42.0 Å². The molecule has 30 heavy (non-hydrogen) atoms. The topological polar surface area (TPSA) is 73.3 Å². The molecule has 0 radical (unpaired) electrons. The number of benzene rings is 2. The van der Waals surface area contributed by atoms with Crippen LogP contribution in [0.3, 0.4) is 0 Å². The molecule has 0 unspecified atom stereocenters. The first kappa shape index (κ1) is 23.9. The van der Waals surface area contributed by atoms with Crippen LogP contribution in [0.5, 0.6) is 23.0 Å². The maximum Gasteiger partial charge on any atom is 0.196 e. The van der Waals surface area contributed by atoms with Gasteiger partial charge in [-0.15, -0.1) is 24.0 Å². The van der Waals surface area contributed by atoms with E-state index in [2.05, 4.69) is 10.6 Å². The zero-order valence-electron chi connectivity index (χ0n) is 17.7. The summed E-state index contributed by atoms with van der Waals surface area (Å²) in [7, 11) is 1.63. The molecule has 8 heteroatoms. The molecule has 164 valence electrons. The van der Waals surface area contributed by atoms with E-state index in [1.54, 1.807) is 7.11 Å². The lowest BCUT2D eigenvalue weighted by Crippen LogP contribution is -2.30. The molecule has 0 bridgehead atoms. The highest BCUT2D eigenvalue weighted by Gasteiger charge is 2.11. The summed E-state index contributed by atoms with van der Waals surface area (Å²) in [6, 6.07) is 11.7. The van der Waals surface area contributed by atoms with Crippen LogP contribution in [-0.2, 0) is 6.54 Å². The number of halogens is 1. The van der Waals surface area contributed by atoms with Crippen LogP contribution in [-0.4, -0.2) is 39.4 Å². The van der Waals surface area contributed by atoms with Gasteiger partial charge < -0.3 is 29.6 Å². The number of hydrogen-bond donors (Lipinski definition) is 2. The van der Waals surface area contributed by atoms with Crippen molar-refractivity contribution in [2.45, 2.75) is 26.8 Å². The molecule has 0 atom stereocenters. The van der Waals surface area contributed by atoms with E-state index >= 15 is 0 Å². The Balaban J connectivity index is 0.00000320. The second kappa shape index (κ2) is 12.4. The summed E-state index contributed by atoms with van der Waals surface area (Å²) in [5.74, 6) is 3.65. The van der Waals surface area contributed by atoms with Gasteiger partial charge in [-0.05, 0) is 43.7 Å². The Hall–Kier alpha value is -2.36. The minimum absolute atomic E-state index is 0. The van der Waals surface area contributed by atoms with Crippen molar-refractivity contribution < 1.29 is 18.9 Å². The molecule has 1 aliphatic heterocycles. The molecule has 1 aliphatic rings. The van der Waals surface area contributed by atoms with Gasteiger partial charge in [-0.25, -0.2) is 4.99 Å². The Morgan fingerprint density at radius 1 is 1.03 bits per heavy atom. The van der Waals surface area contributed by atoms with Crippen molar-refractivity contribution in [1.82, 2.24) is 5.32 Å². The Morgan fingerprint density at radius 3 is 2.57 bits per heavy atom. The van der Waals surface area contributed by atoms with Gasteiger partial charge in [0.1, 0.15) is 0 Å². The zero-order chi connectivity index (χ0) is 20.5. The molecule has 0 saturated heterocycles. The molecule has 0 fully saturated rings. The number of nitrogens with zero attached hydrogens (tertiary/aromatic N) is 1. The molecule has 3 rings (SSSR count). The van der Waals surface area contributed by atoms with Gasteiger partial charge in [0.25, 0.3) is 0 Å². The molecule has 0 saturated carbocycles. The normalized spacial score (nSPS) is 13.0. The smallest absolute Gasteiger partial charge is 0.196 e. The van der Waals surface area contributed by atoms with E-state index in [9.17, 15) is 0 Å². The van der Waals surface area contributed by atoms with Crippen molar-refractivity contribution in [2.75, 3.05) is 38.8 Å². The van der Waals surface area contributed by atoms with Gasteiger partial charge in [0, 0.05) is 24.7 Å². The van der Waals surface area contributed by atoms with Crippen molar-refractivity contribution in [3.63, 3.8) is 0 Å². The van der Waals surface area contributed by atoms with Crippen molar-refractivity contribution in [3.8, 4) is 23.0 Å². The maximum atomic E-state index is 5.77. The number of aliphatic imine (C=N–C) groups is 1. The first-order chi connectivity index (χ1) is 14.2. The summed E-state index contributed by atoms with van der Waals surface area (Å²) >= 11 is 0. The number of fused-ring (bicyclic) bond motifs is 1. The molecule has 0 spiro atoms. The average Bonchev–Trinajstić information content (AvgIpc) is 2.98. The predicted octanol–water partition coefficient (Wildman–Crippen LogP) is 4.45. The second-order valence-electron chi connectivity index (χ2n) is 6.45. The van der Waals surface area contributed by atoms with E-state index in [0.717, 1.165) is 41.5 Å². The van der Waals surface area contributed by atoms with Crippen LogP contribution >= 0.6 is 24.0 Å². The largest absolute Gasteiger partial charge is 0.493 e. The van der Waals surface area contributed by atoms with E-state index in [-0.39, 0.29) is 24.0 Å². The molecular formula is C22H30IN3O4. The summed E-state index contributed by atoms with van der Waals surface area (Å²) in [5, 5.41) is 6.58. The third-order valence-electron chi connectivity index (χ3n) is 4.30. The number of rotatable bonds is 7. The van der Waals surface area contributed by atoms with Gasteiger partial charge in [-0.3, -0.25) is 0 Å². The molecular weight excluding hydrogens is 497 g/mol. The molecule has 0 aromatic heterocycles. The van der Waals surface area contributed by atoms with Crippen LogP contribution in [0, 0.1) is 0 Å². The minimum atomic E-state index is 0. The molecule has 7 nitrogen and oxygen atoms in total. The summed E-state index contributed by atoms with van der Waals surface area (Å²) in [4.78, 5) is 4.69. The molecule has 2 aromatic carbocycles. The van der Waals surface area contributed by atoms with Crippen LogP contribution in [0.2, 0.25) is 0 Å². The van der Waals surface area contributed by atoms with Crippen LogP contribution in [0.1, 0.15) is 25.8 Å². The molecule has 2 N–H and O–H groups in total. The van der Waals surface area contributed by atoms with Crippen molar-refractivity contribution in [1.29, 1.82) is 0 Å². The monoisotopic (exact) mass is 527 g/mol. The van der Waals surface area contributed by atoms with E-state index in [4.69, 9.17) is 23.9 Å². The quantitative estimate of drug-likeness (QED) is 0.315. The maximum absolute atomic E-state index is 5.77. The average molecular weight is 527 g/mol. The zero-order valence-corrected chi connectivity index (χ0v) is 20.0. The number of ether oxygens (including phenoxy) is 4. The summed E-state index contributed by atoms with van der Waals surface area (Å²) < 4.78 is 22.4.